The summed E-state index contributed by atoms with van der Waals surface area (Å²) in [6, 6.07) is 80.9. The lowest BCUT2D eigenvalue weighted by Crippen LogP contribution is -2.03. The van der Waals surface area contributed by atoms with Crippen LogP contribution in [-0.2, 0) is 0 Å². The lowest BCUT2D eigenvalue weighted by molar-refractivity contribution is 0.982. The normalized spacial score (nSPS) is 14.8. The van der Waals surface area contributed by atoms with E-state index in [-0.39, 0.29) is 11.8 Å². The molecular formula is C56H38. The van der Waals surface area contributed by atoms with Gasteiger partial charge in [-0.1, -0.05) is 188 Å². The highest BCUT2D eigenvalue weighted by atomic mass is 14.4. The number of benzene rings is 9. The zero-order valence-electron chi connectivity index (χ0n) is 30.9. The molecule has 0 aromatic heterocycles. The van der Waals surface area contributed by atoms with Crippen LogP contribution < -0.4 is 0 Å². The summed E-state index contributed by atoms with van der Waals surface area (Å²) < 4.78 is 0. The highest BCUT2D eigenvalue weighted by Gasteiger charge is 2.36. The van der Waals surface area contributed by atoms with Crippen molar-refractivity contribution in [1.29, 1.82) is 0 Å². The van der Waals surface area contributed by atoms with Crippen LogP contribution in [0.5, 0.6) is 0 Å². The van der Waals surface area contributed by atoms with E-state index in [1.54, 1.807) is 0 Å². The Morgan fingerprint density at radius 1 is 0.196 bits per heavy atom. The van der Waals surface area contributed by atoms with Gasteiger partial charge in [-0.25, -0.2) is 0 Å². The van der Waals surface area contributed by atoms with Crippen LogP contribution in [0.3, 0.4) is 0 Å². The number of fused-ring (bicyclic) bond motifs is 6. The molecule has 0 amide bonds. The minimum atomic E-state index is 0.144. The fourth-order valence-corrected chi connectivity index (χ4v) is 9.43. The maximum Gasteiger partial charge on any atom is 0.0352 e. The van der Waals surface area contributed by atoms with Crippen molar-refractivity contribution in [3.8, 4) is 66.8 Å². The Balaban J connectivity index is 1.02. The van der Waals surface area contributed by atoms with Gasteiger partial charge in [0.1, 0.15) is 0 Å². The van der Waals surface area contributed by atoms with Crippen LogP contribution in [0.2, 0.25) is 0 Å². The van der Waals surface area contributed by atoms with Gasteiger partial charge in [-0.05, 0) is 130 Å². The first-order valence-electron chi connectivity index (χ1n) is 19.6. The minimum absolute atomic E-state index is 0.144. The van der Waals surface area contributed by atoms with Crippen LogP contribution in [-0.4, -0.2) is 0 Å². The van der Waals surface area contributed by atoms with Crippen LogP contribution in [0.25, 0.3) is 66.8 Å². The molecule has 0 heterocycles. The van der Waals surface area contributed by atoms with E-state index in [0.717, 1.165) is 0 Å². The van der Waals surface area contributed by atoms with Gasteiger partial charge in [0.2, 0.25) is 0 Å². The van der Waals surface area contributed by atoms with Crippen molar-refractivity contribution in [2.24, 2.45) is 0 Å². The zero-order valence-corrected chi connectivity index (χ0v) is 30.9. The molecule has 2 aliphatic carbocycles. The molecule has 0 saturated carbocycles. The second kappa shape index (κ2) is 13.4. The molecule has 2 atom stereocenters. The number of rotatable bonds is 6. The van der Waals surface area contributed by atoms with Crippen molar-refractivity contribution in [3.63, 3.8) is 0 Å². The van der Waals surface area contributed by atoms with E-state index in [2.05, 4.69) is 218 Å². The molecule has 2 unspecified atom stereocenters. The second-order valence-electron chi connectivity index (χ2n) is 15.2. The van der Waals surface area contributed by atoms with Gasteiger partial charge < -0.3 is 0 Å². The third-order valence-electron chi connectivity index (χ3n) is 12.0. The Kier molecular flexibility index (Phi) is 7.74. The monoisotopic (exact) mass is 710 g/mol. The molecule has 0 aliphatic heterocycles. The summed E-state index contributed by atoms with van der Waals surface area (Å²) in [5, 5.41) is 0. The van der Waals surface area contributed by atoms with Crippen LogP contribution >= 0.6 is 0 Å². The standard InChI is InChI=1S/C56H38/c1-4-16-37(17-5-1)44-32-45(38-18-6-2-7-19-38)34-46(33-44)42-24-14-22-40(30-42)41-23-15-25-43(31-41)56-50-29-13-11-27-48(50)52-35-51-47-26-10-12-28-49(47)55(53(51)36-54(52)56)39-20-8-3-9-21-39/h1-36,55-56H. The maximum absolute atomic E-state index is 2.55. The summed E-state index contributed by atoms with van der Waals surface area (Å²) >= 11 is 0. The van der Waals surface area contributed by atoms with Crippen LogP contribution in [0.15, 0.2) is 218 Å². The molecule has 0 heteroatoms. The Morgan fingerprint density at radius 3 is 1.14 bits per heavy atom. The van der Waals surface area contributed by atoms with Gasteiger partial charge in [-0.3, -0.25) is 0 Å². The molecule has 0 nitrogen and oxygen atoms in total. The molecule has 0 fully saturated rings. The molecule has 0 spiro atoms. The predicted molar refractivity (Wildman–Crippen MR) is 234 cm³/mol. The van der Waals surface area contributed by atoms with Crippen molar-refractivity contribution in [2.45, 2.75) is 11.8 Å². The van der Waals surface area contributed by atoms with Crippen molar-refractivity contribution in [2.75, 3.05) is 0 Å². The van der Waals surface area contributed by atoms with Gasteiger partial charge in [-0.15, -0.1) is 0 Å². The van der Waals surface area contributed by atoms with E-state index < -0.39 is 0 Å². The lowest BCUT2D eigenvalue weighted by Gasteiger charge is -2.19. The minimum Gasteiger partial charge on any atom is -0.0622 e. The van der Waals surface area contributed by atoms with E-state index in [9.17, 15) is 0 Å². The van der Waals surface area contributed by atoms with E-state index in [0.29, 0.717) is 0 Å². The van der Waals surface area contributed by atoms with E-state index in [1.165, 1.54) is 100 Å². The van der Waals surface area contributed by atoms with Gasteiger partial charge in [0.15, 0.2) is 0 Å². The molecule has 0 saturated heterocycles. The topological polar surface area (TPSA) is 0 Å². The maximum atomic E-state index is 2.55. The van der Waals surface area contributed by atoms with Crippen molar-refractivity contribution in [3.05, 3.63) is 252 Å². The first kappa shape index (κ1) is 32.4. The first-order valence-corrected chi connectivity index (χ1v) is 19.6. The van der Waals surface area contributed by atoms with Crippen LogP contribution in [0.4, 0.5) is 0 Å². The third kappa shape index (κ3) is 5.45. The van der Waals surface area contributed by atoms with E-state index >= 15 is 0 Å². The number of hydrogen-bond acceptors (Lipinski definition) is 0. The predicted octanol–water partition coefficient (Wildman–Crippen LogP) is 14.7. The lowest BCUT2D eigenvalue weighted by atomic mass is 9.84. The van der Waals surface area contributed by atoms with Gasteiger partial charge >= 0.3 is 0 Å². The zero-order chi connectivity index (χ0) is 37.0. The summed E-state index contributed by atoms with van der Waals surface area (Å²) in [4.78, 5) is 0. The third-order valence-corrected chi connectivity index (χ3v) is 12.0. The quantitative estimate of drug-likeness (QED) is 0.161. The fraction of sp³-hybridized carbons (Fsp3) is 0.0357. The van der Waals surface area contributed by atoms with Crippen molar-refractivity contribution in [1.82, 2.24) is 0 Å². The van der Waals surface area contributed by atoms with Gasteiger partial charge in [0.05, 0.1) is 0 Å². The molecule has 0 radical (unpaired) electrons. The van der Waals surface area contributed by atoms with Gasteiger partial charge in [-0.2, -0.15) is 0 Å². The molecule has 11 rings (SSSR count). The van der Waals surface area contributed by atoms with Crippen LogP contribution in [0.1, 0.15) is 45.2 Å². The van der Waals surface area contributed by atoms with Crippen molar-refractivity contribution >= 4 is 0 Å². The average Bonchev–Trinajstić information content (AvgIpc) is 3.78. The molecule has 9 aromatic rings. The summed E-state index contributed by atoms with van der Waals surface area (Å²) in [7, 11) is 0. The molecule has 9 aromatic carbocycles. The van der Waals surface area contributed by atoms with E-state index in [1.807, 2.05) is 0 Å². The largest absolute Gasteiger partial charge is 0.0622 e. The van der Waals surface area contributed by atoms with Crippen molar-refractivity contribution < 1.29 is 0 Å². The molecule has 262 valence electrons. The Hall–Kier alpha value is -7.02. The van der Waals surface area contributed by atoms with Gasteiger partial charge in [0, 0.05) is 11.8 Å². The molecule has 0 bridgehead atoms. The molecule has 2 aliphatic rings. The Bertz CT molecular complexity index is 2840. The highest BCUT2D eigenvalue weighted by Crippen LogP contribution is 2.55. The summed E-state index contributed by atoms with van der Waals surface area (Å²) in [6.07, 6.45) is 0. The summed E-state index contributed by atoms with van der Waals surface area (Å²) in [5.41, 5.74) is 23.4. The Morgan fingerprint density at radius 2 is 0.571 bits per heavy atom. The molecular weight excluding hydrogens is 673 g/mol. The first-order chi connectivity index (χ1) is 27.8. The van der Waals surface area contributed by atoms with E-state index in [4.69, 9.17) is 0 Å². The van der Waals surface area contributed by atoms with Crippen LogP contribution in [0, 0.1) is 0 Å². The molecule has 56 heavy (non-hydrogen) atoms. The number of hydrogen-bond donors (Lipinski definition) is 0. The second-order valence-corrected chi connectivity index (χ2v) is 15.2. The fourth-order valence-electron chi connectivity index (χ4n) is 9.43. The molecule has 0 N–H and O–H groups in total. The SMILES string of the molecule is c1ccc(-c2cc(-c3ccccc3)cc(-c3cccc(-c4cccc(C5c6ccccc6-c6cc7c(cc65)C(c5ccccc5)c5ccccc5-7)c4)c3)c2)cc1. The smallest absolute Gasteiger partial charge is 0.0352 e. The summed E-state index contributed by atoms with van der Waals surface area (Å²) in [6.45, 7) is 0. The average molecular weight is 711 g/mol. The van der Waals surface area contributed by atoms with Gasteiger partial charge in [0.25, 0.3) is 0 Å². The Labute approximate surface area is 329 Å². The highest BCUT2D eigenvalue weighted by molar-refractivity contribution is 5.90. The summed E-state index contributed by atoms with van der Waals surface area (Å²) in [5.74, 6) is 0.361.